The fourth-order valence-electron chi connectivity index (χ4n) is 3.64. The van der Waals surface area contributed by atoms with E-state index in [2.05, 4.69) is 39.0 Å². The van der Waals surface area contributed by atoms with Crippen molar-refractivity contribution >= 4 is 0 Å². The van der Waals surface area contributed by atoms with Crippen LogP contribution in [0.4, 0.5) is 0 Å². The molecule has 0 spiro atoms. The molecule has 0 heteroatoms. The first kappa shape index (κ1) is 21.3. The summed E-state index contributed by atoms with van der Waals surface area (Å²) in [5.74, 6) is 0. The van der Waals surface area contributed by atoms with Crippen LogP contribution in [-0.2, 0) is 6.42 Å². The first-order chi connectivity index (χ1) is 11.7. The zero-order valence-corrected chi connectivity index (χ0v) is 16.8. The van der Waals surface area contributed by atoms with Gasteiger partial charge in [0, 0.05) is 0 Å². The Morgan fingerprint density at radius 3 is 1.50 bits per heavy atom. The molecular weight excluding hydrogens is 288 g/mol. The maximum atomic E-state index is 2.33. The summed E-state index contributed by atoms with van der Waals surface area (Å²) in [6.07, 6.45) is 21.4. The van der Waals surface area contributed by atoms with Crippen molar-refractivity contribution in [2.45, 2.75) is 117 Å². The van der Waals surface area contributed by atoms with Crippen molar-refractivity contribution in [3.8, 4) is 0 Å². The summed E-state index contributed by atoms with van der Waals surface area (Å²) in [5.41, 5.74) is 4.42. The summed E-state index contributed by atoms with van der Waals surface area (Å²) in [6, 6.07) is 6.90. The summed E-state index contributed by atoms with van der Waals surface area (Å²) in [6.45, 7) is 6.74. The molecule has 0 nitrogen and oxygen atoms in total. The minimum Gasteiger partial charge on any atom is -0.0654 e. The molecule has 0 heterocycles. The van der Waals surface area contributed by atoms with E-state index < -0.39 is 0 Å². The zero-order valence-electron chi connectivity index (χ0n) is 16.8. The molecule has 0 aliphatic heterocycles. The van der Waals surface area contributed by atoms with E-state index in [4.69, 9.17) is 0 Å². The highest BCUT2D eigenvalue weighted by molar-refractivity contribution is 5.30. The minimum atomic E-state index is 1.27. The molecule has 0 fully saturated rings. The van der Waals surface area contributed by atoms with Gasteiger partial charge >= 0.3 is 0 Å². The fraction of sp³-hybridized carbons (Fsp3) is 0.750. The van der Waals surface area contributed by atoms with E-state index >= 15 is 0 Å². The largest absolute Gasteiger partial charge is 0.0654 e. The van der Waals surface area contributed by atoms with Crippen molar-refractivity contribution in [1.29, 1.82) is 0 Å². The van der Waals surface area contributed by atoms with Crippen molar-refractivity contribution in [2.24, 2.45) is 0 Å². The fourth-order valence-corrected chi connectivity index (χ4v) is 3.64. The van der Waals surface area contributed by atoms with E-state index in [-0.39, 0.29) is 0 Å². The predicted octanol–water partition coefficient (Wildman–Crippen LogP) is 8.33. The van der Waals surface area contributed by atoms with Gasteiger partial charge in [-0.25, -0.2) is 0 Å². The average molecular weight is 331 g/mol. The lowest BCUT2D eigenvalue weighted by Crippen LogP contribution is -1.91. The van der Waals surface area contributed by atoms with Crippen LogP contribution >= 0.6 is 0 Å². The predicted molar refractivity (Wildman–Crippen MR) is 110 cm³/mol. The molecule has 0 aliphatic rings. The van der Waals surface area contributed by atoms with Crippen LogP contribution in [0, 0.1) is 13.8 Å². The highest BCUT2D eigenvalue weighted by Crippen LogP contribution is 2.16. The Hall–Kier alpha value is -0.780. The van der Waals surface area contributed by atoms with Crippen LogP contribution in [0.3, 0.4) is 0 Å². The van der Waals surface area contributed by atoms with Crippen LogP contribution in [0.1, 0.15) is 114 Å². The molecule has 0 N–H and O–H groups in total. The van der Waals surface area contributed by atoms with Crippen molar-refractivity contribution in [3.05, 3.63) is 34.9 Å². The van der Waals surface area contributed by atoms with Gasteiger partial charge in [0.1, 0.15) is 0 Å². The number of hydrogen-bond acceptors (Lipinski definition) is 0. The van der Waals surface area contributed by atoms with Gasteiger partial charge in [-0.3, -0.25) is 0 Å². The van der Waals surface area contributed by atoms with Crippen molar-refractivity contribution in [2.75, 3.05) is 0 Å². The van der Waals surface area contributed by atoms with Gasteiger partial charge in [-0.1, -0.05) is 114 Å². The van der Waals surface area contributed by atoms with Gasteiger partial charge in [0.05, 0.1) is 0 Å². The molecule has 0 amide bonds. The SMILES string of the molecule is CCCCCCCCCCCCCCCCc1ccc(C)cc1C. The second-order valence-corrected chi connectivity index (χ2v) is 7.78. The highest BCUT2D eigenvalue weighted by atomic mass is 14.0. The molecule has 0 unspecified atom stereocenters. The number of rotatable bonds is 15. The van der Waals surface area contributed by atoms with E-state index in [0.717, 1.165) is 0 Å². The van der Waals surface area contributed by atoms with E-state index in [1.807, 2.05) is 0 Å². The maximum Gasteiger partial charge on any atom is -0.0276 e. The standard InChI is InChI=1S/C24H42/c1-4-5-6-7-8-9-10-11-12-13-14-15-16-17-18-24-20-19-22(2)21-23(24)3/h19-21H,4-18H2,1-3H3. The smallest absolute Gasteiger partial charge is 0.0276 e. The molecule has 1 rings (SSSR count). The highest BCUT2D eigenvalue weighted by Gasteiger charge is 1.99. The van der Waals surface area contributed by atoms with Crippen molar-refractivity contribution < 1.29 is 0 Å². The van der Waals surface area contributed by atoms with Crippen LogP contribution < -0.4 is 0 Å². The quantitative estimate of drug-likeness (QED) is 0.283. The second kappa shape index (κ2) is 14.6. The summed E-state index contributed by atoms with van der Waals surface area (Å²) >= 11 is 0. The molecule has 0 bridgehead atoms. The normalized spacial score (nSPS) is 11.1. The van der Waals surface area contributed by atoms with Gasteiger partial charge in [-0.15, -0.1) is 0 Å². The molecule has 0 atom stereocenters. The van der Waals surface area contributed by atoms with E-state index in [1.165, 1.54) is 107 Å². The summed E-state index contributed by atoms with van der Waals surface area (Å²) in [4.78, 5) is 0. The molecule has 1 aromatic carbocycles. The van der Waals surface area contributed by atoms with Gasteiger partial charge in [0.15, 0.2) is 0 Å². The third kappa shape index (κ3) is 10.9. The third-order valence-electron chi connectivity index (χ3n) is 5.30. The maximum absolute atomic E-state index is 2.33. The molecule has 24 heavy (non-hydrogen) atoms. The Morgan fingerprint density at radius 2 is 1.04 bits per heavy atom. The Labute approximate surface area is 152 Å². The van der Waals surface area contributed by atoms with Crippen LogP contribution in [-0.4, -0.2) is 0 Å². The minimum absolute atomic E-state index is 1.27. The molecule has 0 aromatic heterocycles. The molecule has 0 aliphatic carbocycles. The van der Waals surface area contributed by atoms with E-state index in [9.17, 15) is 0 Å². The van der Waals surface area contributed by atoms with Gasteiger partial charge in [-0.2, -0.15) is 0 Å². The van der Waals surface area contributed by atoms with Crippen LogP contribution in [0.25, 0.3) is 0 Å². The Balaban J connectivity index is 1.84. The second-order valence-electron chi connectivity index (χ2n) is 7.78. The summed E-state index contributed by atoms with van der Waals surface area (Å²) in [5, 5.41) is 0. The number of benzene rings is 1. The topological polar surface area (TPSA) is 0 Å². The van der Waals surface area contributed by atoms with E-state index in [1.54, 1.807) is 5.56 Å². The third-order valence-corrected chi connectivity index (χ3v) is 5.30. The van der Waals surface area contributed by atoms with Crippen molar-refractivity contribution in [1.82, 2.24) is 0 Å². The van der Waals surface area contributed by atoms with Crippen LogP contribution in [0.2, 0.25) is 0 Å². The lowest BCUT2D eigenvalue weighted by Gasteiger charge is -2.07. The molecule has 0 saturated heterocycles. The molecule has 1 aromatic rings. The molecule has 0 radical (unpaired) electrons. The number of hydrogen-bond donors (Lipinski definition) is 0. The average Bonchev–Trinajstić information content (AvgIpc) is 2.57. The van der Waals surface area contributed by atoms with Gasteiger partial charge in [-0.05, 0) is 37.8 Å². The lowest BCUT2D eigenvalue weighted by atomic mass is 9.99. The Kier molecular flexibility index (Phi) is 12.9. The van der Waals surface area contributed by atoms with Crippen LogP contribution in [0.15, 0.2) is 18.2 Å². The van der Waals surface area contributed by atoms with Gasteiger partial charge in [0.25, 0.3) is 0 Å². The summed E-state index contributed by atoms with van der Waals surface area (Å²) < 4.78 is 0. The zero-order chi connectivity index (χ0) is 17.5. The van der Waals surface area contributed by atoms with Crippen molar-refractivity contribution in [3.63, 3.8) is 0 Å². The summed E-state index contributed by atoms with van der Waals surface area (Å²) in [7, 11) is 0. The first-order valence-corrected chi connectivity index (χ1v) is 10.8. The molecular formula is C24H42. The van der Waals surface area contributed by atoms with E-state index in [0.29, 0.717) is 0 Å². The molecule has 138 valence electrons. The lowest BCUT2D eigenvalue weighted by molar-refractivity contribution is 0.535. The molecule has 0 saturated carbocycles. The Morgan fingerprint density at radius 1 is 0.583 bits per heavy atom. The number of unbranched alkanes of at least 4 members (excludes halogenated alkanes) is 13. The van der Waals surface area contributed by atoms with Crippen LogP contribution in [0.5, 0.6) is 0 Å². The van der Waals surface area contributed by atoms with Gasteiger partial charge < -0.3 is 0 Å². The number of aryl methyl sites for hydroxylation is 3. The Bertz CT molecular complexity index is 404. The first-order valence-electron chi connectivity index (χ1n) is 10.8. The monoisotopic (exact) mass is 330 g/mol. The van der Waals surface area contributed by atoms with Gasteiger partial charge in [0.2, 0.25) is 0 Å².